The molecule has 0 aliphatic heterocycles. The highest BCUT2D eigenvalue weighted by Crippen LogP contribution is 2.31. The average Bonchev–Trinajstić information content (AvgIpc) is 3.09. The van der Waals surface area contributed by atoms with Crippen LogP contribution in [0, 0.1) is 0 Å². The number of rotatable bonds is 2. The first-order chi connectivity index (χ1) is 11.3. The predicted molar refractivity (Wildman–Crippen MR) is 93.5 cm³/mol. The summed E-state index contributed by atoms with van der Waals surface area (Å²) in [5.41, 5.74) is 4.76. The minimum absolute atomic E-state index is 0.00790. The molecule has 0 unspecified atom stereocenters. The van der Waals surface area contributed by atoms with Gasteiger partial charge >= 0.3 is 0 Å². The second kappa shape index (κ2) is 5.29. The Labute approximate surface area is 134 Å². The first kappa shape index (κ1) is 13.6. The molecule has 2 aromatic heterocycles. The molecule has 0 aliphatic carbocycles. The van der Waals surface area contributed by atoms with Crippen LogP contribution in [0.4, 0.5) is 0 Å². The number of hydrogen-bond donors (Lipinski definition) is 0. The fourth-order valence-corrected chi connectivity index (χ4v) is 3.09. The lowest BCUT2D eigenvalue weighted by molar-refractivity contribution is 0.861. The van der Waals surface area contributed by atoms with Gasteiger partial charge in [-0.1, -0.05) is 60.7 Å². The van der Waals surface area contributed by atoms with Crippen molar-refractivity contribution in [3.63, 3.8) is 0 Å². The lowest BCUT2D eigenvalue weighted by Gasteiger charge is -2.17. The van der Waals surface area contributed by atoms with E-state index in [-0.39, 0.29) is 5.56 Å². The van der Waals surface area contributed by atoms with Crippen LogP contribution < -0.4 is 5.56 Å². The zero-order chi connectivity index (χ0) is 15.8. The third kappa shape index (κ3) is 2.09. The summed E-state index contributed by atoms with van der Waals surface area (Å²) >= 11 is 0. The van der Waals surface area contributed by atoms with Gasteiger partial charge in [0.05, 0.1) is 11.4 Å². The molecule has 112 valence electrons. The molecule has 3 heteroatoms. The van der Waals surface area contributed by atoms with E-state index in [1.54, 1.807) is 4.57 Å². The molecule has 0 radical (unpaired) electrons. The predicted octanol–water partition coefficient (Wildman–Crippen LogP) is 3.97. The van der Waals surface area contributed by atoms with E-state index in [0.29, 0.717) is 5.52 Å². The van der Waals surface area contributed by atoms with Gasteiger partial charge in [-0.3, -0.25) is 4.79 Å². The number of hydrogen-bond acceptors (Lipinski definition) is 1. The van der Waals surface area contributed by atoms with Crippen molar-refractivity contribution >= 4 is 5.52 Å². The lowest BCUT2D eigenvalue weighted by atomic mass is 10.0. The Morgan fingerprint density at radius 2 is 1.26 bits per heavy atom. The van der Waals surface area contributed by atoms with Gasteiger partial charge in [-0.25, -0.2) is 0 Å². The first-order valence-corrected chi connectivity index (χ1v) is 7.58. The SMILES string of the molecule is Cn1c(-c2ccccc2)c(-c2ccccc2)n2cccc2c1=O. The summed E-state index contributed by atoms with van der Waals surface area (Å²) in [7, 11) is 1.84. The molecule has 4 aromatic rings. The van der Waals surface area contributed by atoms with Gasteiger partial charge in [0.15, 0.2) is 0 Å². The minimum atomic E-state index is 0.00790. The van der Waals surface area contributed by atoms with E-state index in [0.717, 1.165) is 22.5 Å². The Balaban J connectivity index is 2.20. The van der Waals surface area contributed by atoms with Crippen molar-refractivity contribution in [2.75, 3.05) is 0 Å². The standard InChI is InChI=1S/C20H16N2O/c1-21-18(15-9-4-2-5-10-15)19(16-11-6-3-7-12-16)22-14-8-13-17(22)20(21)23/h2-14H,1H3. The molecule has 0 spiro atoms. The van der Waals surface area contributed by atoms with Crippen LogP contribution in [-0.2, 0) is 7.05 Å². The molecule has 23 heavy (non-hydrogen) atoms. The monoisotopic (exact) mass is 300 g/mol. The van der Waals surface area contributed by atoms with E-state index in [1.807, 2.05) is 78.3 Å². The summed E-state index contributed by atoms with van der Waals surface area (Å²) in [6.45, 7) is 0. The molecule has 3 nitrogen and oxygen atoms in total. The van der Waals surface area contributed by atoms with Crippen LogP contribution in [-0.4, -0.2) is 8.97 Å². The van der Waals surface area contributed by atoms with E-state index in [2.05, 4.69) is 12.1 Å². The number of aromatic nitrogens is 2. The summed E-state index contributed by atoms with van der Waals surface area (Å²) in [5, 5.41) is 0. The fourth-order valence-electron chi connectivity index (χ4n) is 3.09. The van der Waals surface area contributed by atoms with Gasteiger partial charge in [0.1, 0.15) is 5.52 Å². The minimum Gasteiger partial charge on any atom is -0.310 e. The summed E-state index contributed by atoms with van der Waals surface area (Å²) in [4.78, 5) is 12.7. The Hall–Kier alpha value is -3.07. The summed E-state index contributed by atoms with van der Waals surface area (Å²) in [6.07, 6.45) is 1.95. The molecule has 0 saturated carbocycles. The van der Waals surface area contributed by atoms with Crippen molar-refractivity contribution in [2.24, 2.45) is 7.05 Å². The van der Waals surface area contributed by atoms with Crippen molar-refractivity contribution < 1.29 is 0 Å². The third-order valence-electron chi connectivity index (χ3n) is 4.17. The van der Waals surface area contributed by atoms with E-state index in [9.17, 15) is 4.79 Å². The molecule has 0 saturated heterocycles. The summed E-state index contributed by atoms with van der Waals surface area (Å²) in [6, 6.07) is 24.0. The van der Waals surface area contributed by atoms with Gasteiger partial charge in [-0.15, -0.1) is 0 Å². The fraction of sp³-hybridized carbons (Fsp3) is 0.0500. The summed E-state index contributed by atoms with van der Waals surface area (Å²) < 4.78 is 3.73. The highest BCUT2D eigenvalue weighted by Gasteiger charge is 2.17. The Kier molecular flexibility index (Phi) is 3.12. The van der Waals surface area contributed by atoms with Gasteiger partial charge in [0.2, 0.25) is 0 Å². The average molecular weight is 300 g/mol. The molecular formula is C20H16N2O. The molecule has 0 fully saturated rings. The normalized spacial score (nSPS) is 11.0. The molecule has 2 aromatic carbocycles. The number of benzene rings is 2. The van der Waals surface area contributed by atoms with Gasteiger partial charge in [0, 0.05) is 24.4 Å². The molecule has 0 N–H and O–H groups in total. The molecule has 0 amide bonds. The van der Waals surface area contributed by atoms with Crippen LogP contribution in [0.3, 0.4) is 0 Å². The van der Waals surface area contributed by atoms with Crippen molar-refractivity contribution in [3.05, 3.63) is 89.3 Å². The van der Waals surface area contributed by atoms with Gasteiger partial charge < -0.3 is 8.97 Å². The first-order valence-electron chi connectivity index (χ1n) is 7.58. The molecular weight excluding hydrogens is 284 g/mol. The highest BCUT2D eigenvalue weighted by atomic mass is 16.1. The smallest absolute Gasteiger partial charge is 0.275 e. The van der Waals surface area contributed by atoms with Gasteiger partial charge in [-0.2, -0.15) is 0 Å². The lowest BCUT2D eigenvalue weighted by Crippen LogP contribution is -2.22. The summed E-state index contributed by atoms with van der Waals surface area (Å²) in [5.74, 6) is 0. The van der Waals surface area contributed by atoms with Crippen LogP contribution in [0.5, 0.6) is 0 Å². The largest absolute Gasteiger partial charge is 0.310 e. The maximum Gasteiger partial charge on any atom is 0.275 e. The topological polar surface area (TPSA) is 26.4 Å². The van der Waals surface area contributed by atoms with Crippen LogP contribution in [0.2, 0.25) is 0 Å². The molecule has 4 rings (SSSR count). The van der Waals surface area contributed by atoms with Crippen molar-refractivity contribution in [1.82, 2.24) is 8.97 Å². The van der Waals surface area contributed by atoms with Gasteiger partial charge in [-0.05, 0) is 12.1 Å². The molecule has 0 bridgehead atoms. The Morgan fingerprint density at radius 3 is 1.87 bits per heavy atom. The second-order valence-electron chi connectivity index (χ2n) is 5.56. The van der Waals surface area contributed by atoms with Gasteiger partial charge in [0.25, 0.3) is 5.56 Å². The van der Waals surface area contributed by atoms with E-state index >= 15 is 0 Å². The number of fused-ring (bicyclic) bond motifs is 1. The zero-order valence-corrected chi connectivity index (χ0v) is 12.8. The molecule has 0 atom stereocenters. The van der Waals surface area contributed by atoms with Crippen molar-refractivity contribution in [2.45, 2.75) is 0 Å². The van der Waals surface area contributed by atoms with Crippen LogP contribution in [0.25, 0.3) is 28.0 Å². The van der Waals surface area contributed by atoms with Crippen molar-refractivity contribution in [3.8, 4) is 22.5 Å². The van der Waals surface area contributed by atoms with Crippen molar-refractivity contribution in [1.29, 1.82) is 0 Å². The molecule has 0 aliphatic rings. The zero-order valence-electron chi connectivity index (χ0n) is 12.8. The van der Waals surface area contributed by atoms with Crippen LogP contribution in [0.1, 0.15) is 0 Å². The highest BCUT2D eigenvalue weighted by molar-refractivity contribution is 5.81. The Bertz CT molecular complexity index is 1030. The quantitative estimate of drug-likeness (QED) is 0.550. The van der Waals surface area contributed by atoms with Crippen LogP contribution >= 0.6 is 0 Å². The Morgan fingerprint density at radius 1 is 0.696 bits per heavy atom. The third-order valence-corrected chi connectivity index (χ3v) is 4.17. The number of nitrogens with zero attached hydrogens (tertiary/aromatic N) is 2. The molecule has 2 heterocycles. The van der Waals surface area contributed by atoms with E-state index < -0.39 is 0 Å². The maximum atomic E-state index is 12.7. The maximum absolute atomic E-state index is 12.7. The van der Waals surface area contributed by atoms with E-state index in [4.69, 9.17) is 0 Å². The second-order valence-corrected chi connectivity index (χ2v) is 5.56. The van der Waals surface area contributed by atoms with E-state index in [1.165, 1.54) is 0 Å². The van der Waals surface area contributed by atoms with Crippen LogP contribution in [0.15, 0.2) is 83.8 Å².